The first kappa shape index (κ1) is 16.8. The molecule has 7 heteroatoms. The third kappa shape index (κ3) is 2.98. The molecule has 1 saturated heterocycles. The molecule has 1 aliphatic carbocycles. The Morgan fingerprint density at radius 3 is 2.88 bits per heavy atom. The van der Waals surface area contributed by atoms with Crippen molar-refractivity contribution in [1.82, 2.24) is 10.2 Å². The first-order chi connectivity index (χ1) is 12.6. The lowest BCUT2D eigenvalue weighted by molar-refractivity contribution is -0.131. The molecule has 0 spiro atoms. The fraction of sp³-hybridized carbons (Fsp3) is 0.474. The fourth-order valence-corrected chi connectivity index (χ4v) is 4.04. The van der Waals surface area contributed by atoms with Gasteiger partial charge in [0.05, 0.1) is 0 Å². The number of piperidine rings is 1. The van der Waals surface area contributed by atoms with Gasteiger partial charge in [0.1, 0.15) is 13.2 Å². The minimum Gasteiger partial charge on any atom is -0.486 e. The van der Waals surface area contributed by atoms with Crippen molar-refractivity contribution in [3.8, 4) is 11.5 Å². The highest BCUT2D eigenvalue weighted by Gasteiger charge is 2.44. The van der Waals surface area contributed by atoms with E-state index >= 15 is 0 Å². The van der Waals surface area contributed by atoms with E-state index in [1.807, 2.05) is 7.05 Å². The van der Waals surface area contributed by atoms with Gasteiger partial charge in [-0.15, -0.1) is 0 Å². The summed E-state index contributed by atoms with van der Waals surface area (Å²) in [7, 11) is 1.82. The molecule has 26 heavy (non-hydrogen) atoms. The Hall–Kier alpha value is -2.70. The Balaban J connectivity index is 1.38. The number of hydrogen-bond acceptors (Lipinski definition) is 4. The molecule has 0 aromatic heterocycles. The van der Waals surface area contributed by atoms with Crippen molar-refractivity contribution >= 4 is 17.6 Å². The zero-order valence-electron chi connectivity index (χ0n) is 14.8. The summed E-state index contributed by atoms with van der Waals surface area (Å²) < 4.78 is 11.0. The van der Waals surface area contributed by atoms with Crippen LogP contribution >= 0.6 is 0 Å². The van der Waals surface area contributed by atoms with Crippen LogP contribution < -0.4 is 20.1 Å². The summed E-state index contributed by atoms with van der Waals surface area (Å²) in [5.74, 6) is 1.48. The monoisotopic (exact) mass is 357 g/mol. The summed E-state index contributed by atoms with van der Waals surface area (Å²) in [4.78, 5) is 26.0. The largest absolute Gasteiger partial charge is 0.486 e. The second kappa shape index (κ2) is 6.55. The van der Waals surface area contributed by atoms with Gasteiger partial charge in [-0.1, -0.05) is 6.08 Å². The Kier molecular flexibility index (Phi) is 4.22. The van der Waals surface area contributed by atoms with Gasteiger partial charge < -0.3 is 25.0 Å². The molecule has 4 rings (SSSR count). The lowest BCUT2D eigenvalue weighted by atomic mass is 9.77. The Morgan fingerprint density at radius 2 is 2.04 bits per heavy atom. The van der Waals surface area contributed by atoms with Crippen LogP contribution in [0.5, 0.6) is 11.5 Å². The van der Waals surface area contributed by atoms with Gasteiger partial charge in [-0.2, -0.15) is 0 Å². The van der Waals surface area contributed by atoms with Crippen LogP contribution in [0.15, 0.2) is 30.0 Å². The number of fused-ring (bicyclic) bond motifs is 2. The van der Waals surface area contributed by atoms with Crippen LogP contribution in [0.2, 0.25) is 0 Å². The van der Waals surface area contributed by atoms with E-state index in [0.29, 0.717) is 43.4 Å². The maximum atomic E-state index is 12.4. The van der Waals surface area contributed by atoms with Gasteiger partial charge in [-0.25, -0.2) is 4.79 Å². The molecule has 1 aromatic rings. The Bertz CT molecular complexity index is 776. The molecule has 1 aromatic carbocycles. The molecule has 2 aliphatic heterocycles. The molecule has 1 unspecified atom stereocenters. The van der Waals surface area contributed by atoms with Crippen LogP contribution in [0.4, 0.5) is 10.5 Å². The zero-order chi connectivity index (χ0) is 18.1. The average Bonchev–Trinajstić information content (AvgIpc) is 3.08. The molecule has 2 N–H and O–H groups in total. The molecule has 0 bridgehead atoms. The summed E-state index contributed by atoms with van der Waals surface area (Å²) in [6.07, 6.45) is 5.34. The summed E-state index contributed by atoms with van der Waals surface area (Å²) in [5, 5.41) is 5.82. The summed E-state index contributed by atoms with van der Waals surface area (Å²) in [6, 6.07) is 5.09. The van der Waals surface area contributed by atoms with Gasteiger partial charge in [0.25, 0.3) is 0 Å². The zero-order valence-corrected chi connectivity index (χ0v) is 14.8. The van der Waals surface area contributed by atoms with Gasteiger partial charge in [-0.3, -0.25) is 4.79 Å². The topological polar surface area (TPSA) is 79.9 Å². The number of carbonyl (C=O) groups excluding carboxylic acids is 2. The number of likely N-dealkylation sites (tertiary alicyclic amines) is 1. The van der Waals surface area contributed by atoms with Crippen LogP contribution in [0.1, 0.15) is 25.7 Å². The fourth-order valence-electron chi connectivity index (χ4n) is 4.04. The van der Waals surface area contributed by atoms with Crippen molar-refractivity contribution in [3.05, 3.63) is 30.0 Å². The maximum Gasteiger partial charge on any atom is 0.319 e. The SMILES string of the molecule is CN1C(=O)CCC2(CNC(=O)Nc3ccc4c(c3)OCCO4)CCC=C12. The number of allylic oxidation sites excluding steroid dienone is 1. The lowest BCUT2D eigenvalue weighted by Gasteiger charge is -2.41. The van der Waals surface area contributed by atoms with Crippen molar-refractivity contribution in [2.75, 3.05) is 32.1 Å². The number of rotatable bonds is 3. The van der Waals surface area contributed by atoms with Crippen LogP contribution in [0.25, 0.3) is 0 Å². The predicted molar refractivity (Wildman–Crippen MR) is 96.2 cm³/mol. The number of nitrogens with one attached hydrogen (secondary N) is 2. The van der Waals surface area contributed by atoms with Crippen molar-refractivity contribution in [2.45, 2.75) is 25.7 Å². The van der Waals surface area contributed by atoms with E-state index in [1.165, 1.54) is 0 Å². The summed E-state index contributed by atoms with van der Waals surface area (Å²) in [5.41, 5.74) is 1.57. The first-order valence-electron chi connectivity index (χ1n) is 8.99. The van der Waals surface area contributed by atoms with Gasteiger partial charge in [-0.05, 0) is 31.4 Å². The van der Waals surface area contributed by atoms with Gasteiger partial charge in [0.2, 0.25) is 5.91 Å². The van der Waals surface area contributed by atoms with Crippen LogP contribution in [0.3, 0.4) is 0 Å². The number of anilines is 1. The van der Waals surface area contributed by atoms with Crippen molar-refractivity contribution in [3.63, 3.8) is 0 Å². The third-order valence-electron chi connectivity index (χ3n) is 5.44. The highest BCUT2D eigenvalue weighted by Crippen LogP contribution is 2.46. The smallest absolute Gasteiger partial charge is 0.319 e. The molecule has 1 fully saturated rings. The second-order valence-electron chi connectivity index (χ2n) is 7.03. The van der Waals surface area contributed by atoms with E-state index in [4.69, 9.17) is 9.47 Å². The second-order valence-corrected chi connectivity index (χ2v) is 7.03. The van der Waals surface area contributed by atoms with Gasteiger partial charge >= 0.3 is 6.03 Å². The standard InChI is InChI=1S/C19H23N3O4/c1-22-16-3-2-7-19(16,8-6-17(22)23)12-20-18(24)21-13-4-5-14-15(11-13)26-10-9-25-14/h3-5,11H,2,6-10,12H2,1H3,(H2,20,21,24). The number of urea groups is 1. The van der Waals surface area contributed by atoms with Crippen LogP contribution in [0, 0.1) is 5.41 Å². The van der Waals surface area contributed by atoms with E-state index in [9.17, 15) is 9.59 Å². The average molecular weight is 357 g/mol. The normalized spacial score (nSPS) is 24.0. The minimum atomic E-state index is -0.262. The predicted octanol–water partition coefficient (Wildman–Crippen LogP) is 2.50. The van der Waals surface area contributed by atoms with E-state index in [1.54, 1.807) is 23.1 Å². The number of nitrogens with zero attached hydrogens (tertiary/aromatic N) is 1. The van der Waals surface area contributed by atoms with Gasteiger partial charge in [0.15, 0.2) is 11.5 Å². The molecule has 7 nitrogen and oxygen atoms in total. The van der Waals surface area contributed by atoms with E-state index in [2.05, 4.69) is 16.7 Å². The van der Waals surface area contributed by atoms with Gasteiger partial charge in [0, 0.05) is 42.9 Å². The lowest BCUT2D eigenvalue weighted by Crippen LogP contribution is -2.47. The first-order valence-corrected chi connectivity index (χ1v) is 8.99. The molecule has 2 heterocycles. The summed E-state index contributed by atoms with van der Waals surface area (Å²) in [6.45, 7) is 1.56. The number of amides is 3. The highest BCUT2D eigenvalue weighted by atomic mass is 16.6. The minimum absolute atomic E-state index is 0.132. The van der Waals surface area contributed by atoms with Crippen LogP contribution in [-0.2, 0) is 4.79 Å². The van der Waals surface area contributed by atoms with Crippen molar-refractivity contribution < 1.29 is 19.1 Å². The molecule has 3 aliphatic rings. The van der Waals surface area contributed by atoms with Crippen molar-refractivity contribution in [2.24, 2.45) is 5.41 Å². The third-order valence-corrected chi connectivity index (χ3v) is 5.44. The molecular formula is C19H23N3O4. The number of hydrogen-bond donors (Lipinski definition) is 2. The molecule has 0 radical (unpaired) electrons. The Morgan fingerprint density at radius 1 is 1.23 bits per heavy atom. The van der Waals surface area contributed by atoms with E-state index < -0.39 is 0 Å². The Labute approximate surface area is 152 Å². The molecular weight excluding hydrogens is 334 g/mol. The van der Waals surface area contributed by atoms with E-state index in [0.717, 1.165) is 25.0 Å². The van der Waals surface area contributed by atoms with Crippen LogP contribution in [-0.4, -0.2) is 43.6 Å². The molecule has 1 atom stereocenters. The maximum absolute atomic E-state index is 12.4. The van der Waals surface area contributed by atoms with E-state index in [-0.39, 0.29) is 17.4 Å². The molecule has 3 amide bonds. The molecule has 138 valence electrons. The number of benzene rings is 1. The number of ether oxygens (including phenoxy) is 2. The summed E-state index contributed by atoms with van der Waals surface area (Å²) >= 11 is 0. The number of carbonyl (C=O) groups is 2. The van der Waals surface area contributed by atoms with Crippen molar-refractivity contribution in [1.29, 1.82) is 0 Å². The highest BCUT2D eigenvalue weighted by molar-refractivity contribution is 5.89. The quantitative estimate of drug-likeness (QED) is 0.871. The molecule has 0 saturated carbocycles.